The molecule has 0 saturated carbocycles. The van der Waals surface area contributed by atoms with Gasteiger partial charge in [-0.15, -0.1) is 5.10 Å². The summed E-state index contributed by atoms with van der Waals surface area (Å²) in [6, 6.07) is 12.6. The van der Waals surface area contributed by atoms with E-state index in [0.29, 0.717) is 224 Å². The van der Waals surface area contributed by atoms with E-state index >= 15 is 0 Å². The van der Waals surface area contributed by atoms with Crippen molar-refractivity contribution in [3.05, 3.63) is 95.5 Å². The van der Waals surface area contributed by atoms with Crippen LogP contribution in [0.5, 0.6) is 11.5 Å². The fraction of sp³-hybridized carbons (Fsp3) is 0.677. The first kappa shape index (κ1) is 74.0. The Kier molecular flexibility index (Phi) is 38.2. The SMILES string of the molecule is COCCOCCOCCOCCOc1ccc2c(c1)C(C)(C)C(\C=C/C=C\C=C1\N(CCOCCOCCOCCOC)c3ccc(OCCOCCOCCOCCOCCn4cc(C)nn4)cc3C1(C)C)=[N+]2CCOCCOCCOCCOC. The minimum atomic E-state index is -0.360. The number of anilines is 1. The number of aryl methyl sites for hydroxylation is 1. The van der Waals surface area contributed by atoms with Crippen molar-refractivity contribution in [2.75, 3.05) is 244 Å². The van der Waals surface area contributed by atoms with Gasteiger partial charge in [0.05, 0.1) is 203 Å². The summed E-state index contributed by atoms with van der Waals surface area (Å²) in [5, 5.41) is 8.00. The third kappa shape index (κ3) is 28.2. The van der Waals surface area contributed by atoms with Crippen LogP contribution in [0.2, 0.25) is 0 Å². The number of hydrogen-bond donors (Lipinski definition) is 0. The molecule has 0 aliphatic carbocycles. The van der Waals surface area contributed by atoms with Crippen molar-refractivity contribution < 1.29 is 89.8 Å². The molecule has 0 unspecified atom stereocenters. The van der Waals surface area contributed by atoms with Gasteiger partial charge in [-0.25, -0.2) is 4.68 Å². The molecule has 0 bridgehead atoms. The molecule has 0 atom stereocenters. The molecule has 0 amide bonds. The van der Waals surface area contributed by atoms with Crippen LogP contribution in [0.15, 0.2) is 78.7 Å². The fourth-order valence-corrected chi connectivity index (χ4v) is 9.55. The van der Waals surface area contributed by atoms with E-state index in [-0.39, 0.29) is 10.8 Å². The minimum Gasteiger partial charge on any atom is -0.491 e. The van der Waals surface area contributed by atoms with Gasteiger partial charge in [-0.3, -0.25) is 0 Å². The lowest BCUT2D eigenvalue weighted by Gasteiger charge is -2.27. The van der Waals surface area contributed by atoms with E-state index < -0.39 is 0 Å². The van der Waals surface area contributed by atoms with Gasteiger partial charge in [0.2, 0.25) is 5.69 Å². The highest BCUT2D eigenvalue weighted by atomic mass is 16.6. The van der Waals surface area contributed by atoms with Gasteiger partial charge in [0.1, 0.15) is 31.3 Å². The first-order valence-corrected chi connectivity index (χ1v) is 31.0. The van der Waals surface area contributed by atoms with Crippen LogP contribution in [0.4, 0.5) is 11.4 Å². The Morgan fingerprint density at radius 2 is 0.841 bits per heavy atom. The number of rotatable bonds is 56. The summed E-state index contributed by atoms with van der Waals surface area (Å²) in [7, 11) is 4.97. The normalized spacial score (nSPS) is 14.9. The van der Waals surface area contributed by atoms with Gasteiger partial charge < -0.3 is 90.2 Å². The molecule has 0 radical (unpaired) electrons. The van der Waals surface area contributed by atoms with Crippen molar-refractivity contribution >= 4 is 17.1 Å². The largest absolute Gasteiger partial charge is 0.491 e. The van der Waals surface area contributed by atoms with E-state index in [0.717, 1.165) is 45.5 Å². The first-order chi connectivity index (χ1) is 43.1. The van der Waals surface area contributed by atoms with Gasteiger partial charge in [-0.05, 0) is 62.7 Å². The van der Waals surface area contributed by atoms with Crippen molar-refractivity contribution in [3.63, 3.8) is 0 Å². The number of fused-ring (bicyclic) bond motifs is 2. The fourth-order valence-electron chi connectivity index (χ4n) is 9.55. The topological polar surface area (TPSA) is 203 Å². The van der Waals surface area contributed by atoms with Crippen molar-refractivity contribution in [3.8, 4) is 11.5 Å². The number of ether oxygens (including phenoxy) is 18. The van der Waals surface area contributed by atoms with Crippen molar-refractivity contribution in [2.45, 2.75) is 52.0 Å². The summed E-state index contributed by atoms with van der Waals surface area (Å²) in [6.45, 7) is 28.2. The monoisotopic (exact) mass is 1240 g/mol. The molecule has 2 aliphatic heterocycles. The lowest BCUT2D eigenvalue weighted by molar-refractivity contribution is -0.442. The highest BCUT2D eigenvalue weighted by Gasteiger charge is 2.45. The molecule has 0 fully saturated rings. The Morgan fingerprint density at radius 3 is 1.30 bits per heavy atom. The summed E-state index contributed by atoms with van der Waals surface area (Å²) < 4.78 is 106. The van der Waals surface area contributed by atoms with Gasteiger partial charge in [0.15, 0.2) is 12.3 Å². The average Bonchev–Trinajstić information content (AvgIpc) is 2.01. The second kappa shape index (κ2) is 45.5. The highest BCUT2D eigenvalue weighted by molar-refractivity contribution is 6.03. The summed E-state index contributed by atoms with van der Waals surface area (Å²) in [4.78, 5) is 2.35. The third-order valence-corrected chi connectivity index (χ3v) is 14.1. The van der Waals surface area contributed by atoms with E-state index in [2.05, 4.69) is 102 Å². The maximum atomic E-state index is 6.26. The average molecular weight is 1240 g/mol. The molecule has 23 nitrogen and oxygen atoms in total. The lowest BCUT2D eigenvalue weighted by Crippen LogP contribution is -2.29. The Morgan fingerprint density at radius 1 is 0.432 bits per heavy atom. The molecule has 1 aromatic heterocycles. The van der Waals surface area contributed by atoms with Crippen LogP contribution < -0.4 is 14.4 Å². The van der Waals surface area contributed by atoms with Gasteiger partial charge in [-0.2, -0.15) is 4.58 Å². The Balaban J connectivity index is 1.17. The molecule has 3 aromatic rings. The molecule has 2 aliphatic rings. The second-order valence-corrected chi connectivity index (χ2v) is 21.4. The van der Waals surface area contributed by atoms with E-state index in [4.69, 9.17) is 85.3 Å². The minimum absolute atomic E-state index is 0.354. The number of hydrogen-bond acceptors (Lipinski definition) is 21. The maximum absolute atomic E-state index is 6.26. The Bertz CT molecular complexity index is 2430. The first-order valence-electron chi connectivity index (χ1n) is 31.0. The molecule has 5 rings (SSSR count). The van der Waals surface area contributed by atoms with Crippen LogP contribution in [0.25, 0.3) is 0 Å². The van der Waals surface area contributed by atoms with E-state index in [9.17, 15) is 0 Å². The number of methoxy groups -OCH3 is 3. The summed E-state index contributed by atoms with van der Waals surface area (Å²) in [5.74, 6) is 1.56. The smallest absolute Gasteiger partial charge is 0.210 e. The third-order valence-electron chi connectivity index (χ3n) is 14.1. The van der Waals surface area contributed by atoms with Gasteiger partial charge >= 0.3 is 0 Å². The van der Waals surface area contributed by atoms with Gasteiger partial charge in [-0.1, -0.05) is 37.3 Å². The summed E-state index contributed by atoms with van der Waals surface area (Å²) in [6.07, 6.45) is 12.6. The van der Waals surface area contributed by atoms with Crippen molar-refractivity contribution in [2.24, 2.45) is 0 Å². The molecule has 0 saturated heterocycles. The molecule has 496 valence electrons. The molecular formula is C65H104N5O18+. The predicted molar refractivity (Wildman–Crippen MR) is 334 cm³/mol. The molecule has 2 aromatic carbocycles. The summed E-state index contributed by atoms with van der Waals surface area (Å²) in [5.41, 5.74) is 7.01. The van der Waals surface area contributed by atoms with Gasteiger partial charge in [0, 0.05) is 68.6 Å². The van der Waals surface area contributed by atoms with E-state index in [1.165, 1.54) is 5.56 Å². The van der Waals surface area contributed by atoms with Crippen LogP contribution in [0.1, 0.15) is 44.5 Å². The molecule has 88 heavy (non-hydrogen) atoms. The zero-order chi connectivity index (χ0) is 62.6. The zero-order valence-corrected chi connectivity index (χ0v) is 54.1. The number of nitrogens with zero attached hydrogens (tertiary/aromatic N) is 5. The maximum Gasteiger partial charge on any atom is 0.210 e. The quantitative estimate of drug-likeness (QED) is 0.0342. The van der Waals surface area contributed by atoms with E-state index in [1.807, 2.05) is 25.3 Å². The predicted octanol–water partition coefficient (Wildman–Crippen LogP) is 6.37. The number of allylic oxidation sites excluding steroid dienone is 6. The van der Waals surface area contributed by atoms with Crippen molar-refractivity contribution in [1.29, 1.82) is 0 Å². The standard InChI is InChI=1S/C65H104N5O18/c1-55-54-68(67-66-55)18-21-74-30-33-80-42-43-84-45-47-86-49-51-88-57-15-17-61-59(53-57)65(4,5)63(70(61)20-23-76-32-35-82-40-37-78-28-25-72-7)13-11-9-10-12-62-64(2,3)58-52-56(87-50-48-85-46-44-83-41-38-79-29-26-73-8)14-16-60(58)69(62)19-22-75-31-34-81-39-36-77-27-24-71-6/h9-17,52-54H,18-51H2,1-8H3/q+1. The van der Waals surface area contributed by atoms with Crippen LogP contribution in [-0.2, 0) is 93.2 Å². The van der Waals surface area contributed by atoms with Crippen LogP contribution in [-0.4, -0.2) is 265 Å². The number of aromatic nitrogens is 3. The van der Waals surface area contributed by atoms with Gasteiger partial charge in [0.25, 0.3) is 0 Å². The highest BCUT2D eigenvalue weighted by Crippen LogP contribution is 2.49. The molecule has 0 spiro atoms. The Hall–Kier alpha value is -4.77. The molecule has 0 N–H and O–H groups in total. The zero-order valence-electron chi connectivity index (χ0n) is 54.1. The van der Waals surface area contributed by atoms with E-state index in [1.54, 1.807) is 26.0 Å². The van der Waals surface area contributed by atoms with Crippen LogP contribution in [0.3, 0.4) is 0 Å². The molecule has 23 heteroatoms. The second-order valence-electron chi connectivity index (χ2n) is 21.4. The molecular weight excluding hydrogens is 1140 g/mol. The van der Waals surface area contributed by atoms with Crippen molar-refractivity contribution in [1.82, 2.24) is 15.0 Å². The van der Waals surface area contributed by atoms with Crippen LogP contribution in [0, 0.1) is 6.92 Å². The number of benzene rings is 2. The Labute approximate surface area is 523 Å². The summed E-state index contributed by atoms with van der Waals surface area (Å²) >= 11 is 0. The van der Waals surface area contributed by atoms with Crippen LogP contribution >= 0.6 is 0 Å². The molecule has 3 heterocycles. The lowest BCUT2D eigenvalue weighted by atomic mass is 9.81.